The molecule has 0 aromatic heterocycles. The van der Waals surface area contributed by atoms with E-state index in [-0.39, 0.29) is 5.75 Å². The molecule has 28 heavy (non-hydrogen) atoms. The highest BCUT2D eigenvalue weighted by molar-refractivity contribution is 7.92. The zero-order valence-corrected chi connectivity index (χ0v) is 18.1. The van der Waals surface area contributed by atoms with Gasteiger partial charge in [0.2, 0.25) is 5.91 Å². The molecule has 1 aromatic carbocycles. The minimum Gasteiger partial charge on any atom is -0.351 e. The number of hydrogen-bond acceptors (Lipinski definition) is 5. The molecule has 1 aliphatic rings. The van der Waals surface area contributed by atoms with E-state index in [1.54, 1.807) is 0 Å². The molecule has 0 spiro atoms. The van der Waals surface area contributed by atoms with Gasteiger partial charge in [-0.05, 0) is 24.1 Å². The van der Waals surface area contributed by atoms with Crippen molar-refractivity contribution < 1.29 is 13.2 Å². The molecule has 1 N–H and O–H groups in total. The van der Waals surface area contributed by atoms with Crippen molar-refractivity contribution in [1.29, 1.82) is 0 Å². The molecule has 1 fully saturated rings. The lowest BCUT2D eigenvalue weighted by Gasteiger charge is -2.34. The molecule has 158 valence electrons. The number of nitrogens with zero attached hydrogens (tertiary/aromatic N) is 2. The fourth-order valence-electron chi connectivity index (χ4n) is 3.48. The molecular formula is C21H35N3O3S. The monoisotopic (exact) mass is 409 g/mol. The van der Waals surface area contributed by atoms with Crippen molar-refractivity contribution in [2.24, 2.45) is 0 Å². The van der Waals surface area contributed by atoms with Gasteiger partial charge in [-0.15, -0.1) is 0 Å². The van der Waals surface area contributed by atoms with Crippen molar-refractivity contribution >= 4 is 15.7 Å². The third-order valence-corrected chi connectivity index (χ3v) is 6.92. The van der Waals surface area contributed by atoms with Crippen molar-refractivity contribution in [2.45, 2.75) is 46.2 Å². The Balaban J connectivity index is 1.85. The van der Waals surface area contributed by atoms with Crippen molar-refractivity contribution in [3.8, 4) is 0 Å². The smallest absolute Gasteiger partial charge is 0.235 e. The van der Waals surface area contributed by atoms with Crippen LogP contribution in [0.15, 0.2) is 24.3 Å². The van der Waals surface area contributed by atoms with Crippen LogP contribution in [0.25, 0.3) is 0 Å². The topological polar surface area (TPSA) is 69.7 Å². The average molecular weight is 410 g/mol. The summed E-state index contributed by atoms with van der Waals surface area (Å²) in [4.78, 5) is 17.0. The lowest BCUT2D eigenvalue weighted by atomic mass is 10.1. The first-order chi connectivity index (χ1) is 13.4. The number of likely N-dealkylation sites (N-methyl/N-ethyl adjacent to an activating group) is 1. The number of rotatable bonds is 11. The van der Waals surface area contributed by atoms with Gasteiger partial charge < -0.3 is 10.2 Å². The molecule has 1 heterocycles. The molecule has 0 atom stereocenters. The van der Waals surface area contributed by atoms with Gasteiger partial charge in [0, 0.05) is 39.3 Å². The van der Waals surface area contributed by atoms with E-state index in [9.17, 15) is 13.2 Å². The minimum absolute atomic E-state index is 0.0918. The van der Waals surface area contributed by atoms with Crippen LogP contribution in [0.2, 0.25) is 0 Å². The van der Waals surface area contributed by atoms with Crippen LogP contribution in [0.1, 0.15) is 44.2 Å². The molecule has 0 bridgehead atoms. The number of piperazine rings is 1. The van der Waals surface area contributed by atoms with Gasteiger partial charge in [0.25, 0.3) is 0 Å². The van der Waals surface area contributed by atoms with Crippen LogP contribution >= 0.6 is 0 Å². The van der Waals surface area contributed by atoms with Gasteiger partial charge in [0.15, 0.2) is 9.84 Å². The molecule has 1 aliphatic heterocycles. The maximum Gasteiger partial charge on any atom is 0.235 e. The van der Waals surface area contributed by atoms with E-state index >= 15 is 0 Å². The number of amides is 1. The zero-order valence-electron chi connectivity index (χ0n) is 17.3. The summed E-state index contributed by atoms with van der Waals surface area (Å²) in [6.45, 7) is 10.8. The van der Waals surface area contributed by atoms with Gasteiger partial charge in [-0.2, -0.15) is 0 Å². The minimum atomic E-state index is -3.32. The Labute approximate surface area is 170 Å². The van der Waals surface area contributed by atoms with E-state index in [1.807, 2.05) is 25.1 Å². The molecule has 7 heteroatoms. The summed E-state index contributed by atoms with van der Waals surface area (Å²) in [7, 11) is -3.32. The molecule has 1 saturated heterocycles. The van der Waals surface area contributed by atoms with E-state index in [4.69, 9.17) is 0 Å². The Bertz CT molecular complexity index is 713. The van der Waals surface area contributed by atoms with E-state index in [2.05, 4.69) is 28.1 Å². The molecule has 0 saturated carbocycles. The van der Waals surface area contributed by atoms with Crippen molar-refractivity contribution in [3.05, 3.63) is 35.4 Å². The summed E-state index contributed by atoms with van der Waals surface area (Å²) in [5.74, 6) is -0.741. The third-order valence-electron chi connectivity index (χ3n) is 5.31. The second kappa shape index (κ2) is 11.5. The first-order valence-electron chi connectivity index (χ1n) is 10.4. The van der Waals surface area contributed by atoms with E-state index in [0.29, 0.717) is 13.0 Å². The molecule has 1 aromatic rings. The lowest BCUT2D eigenvalue weighted by molar-refractivity contribution is -0.118. The van der Waals surface area contributed by atoms with Crippen LogP contribution in [0.5, 0.6) is 0 Å². The van der Waals surface area contributed by atoms with Gasteiger partial charge in [0.05, 0.1) is 5.75 Å². The Hall–Kier alpha value is -1.44. The predicted molar refractivity (Wildman–Crippen MR) is 114 cm³/mol. The Morgan fingerprint density at radius 3 is 2.29 bits per heavy atom. The Morgan fingerprint density at radius 1 is 1.00 bits per heavy atom. The highest BCUT2D eigenvalue weighted by atomic mass is 32.2. The number of carbonyl (C=O) groups excluding carboxylic acids is 1. The number of unbranched alkanes of at least 4 members (excludes halogenated alkanes) is 2. The maximum atomic E-state index is 12.1. The number of hydrogen-bond donors (Lipinski definition) is 1. The quantitative estimate of drug-likeness (QED) is 0.567. The van der Waals surface area contributed by atoms with Gasteiger partial charge in [0.1, 0.15) is 5.75 Å². The van der Waals surface area contributed by atoms with Crippen molar-refractivity contribution in [1.82, 2.24) is 15.1 Å². The van der Waals surface area contributed by atoms with E-state index in [0.717, 1.165) is 57.7 Å². The molecule has 0 radical (unpaired) electrons. The summed E-state index contributed by atoms with van der Waals surface area (Å²) < 4.78 is 24.1. The third kappa shape index (κ3) is 7.89. The van der Waals surface area contributed by atoms with Gasteiger partial charge in [-0.3, -0.25) is 9.69 Å². The second-order valence-corrected chi connectivity index (χ2v) is 9.74. The Morgan fingerprint density at radius 2 is 1.64 bits per heavy atom. The molecule has 6 nitrogen and oxygen atoms in total. The van der Waals surface area contributed by atoms with Gasteiger partial charge in [-0.25, -0.2) is 8.42 Å². The highest BCUT2D eigenvalue weighted by Gasteiger charge is 2.18. The van der Waals surface area contributed by atoms with Gasteiger partial charge in [-0.1, -0.05) is 51.0 Å². The summed E-state index contributed by atoms with van der Waals surface area (Å²) in [6.07, 6.45) is 2.47. The molecule has 0 aliphatic carbocycles. The first-order valence-corrected chi connectivity index (χ1v) is 12.2. The van der Waals surface area contributed by atoms with Crippen LogP contribution < -0.4 is 5.32 Å². The van der Waals surface area contributed by atoms with E-state index < -0.39 is 21.5 Å². The number of nitrogens with one attached hydrogen (secondary N) is 1. The van der Waals surface area contributed by atoms with Crippen LogP contribution in [0.4, 0.5) is 0 Å². The Kier molecular flexibility index (Phi) is 9.41. The van der Waals surface area contributed by atoms with Crippen LogP contribution in [0, 0.1) is 0 Å². The van der Waals surface area contributed by atoms with Crippen molar-refractivity contribution in [2.75, 3.05) is 44.2 Å². The summed E-state index contributed by atoms with van der Waals surface area (Å²) in [6, 6.07) is 8.07. The highest BCUT2D eigenvalue weighted by Crippen LogP contribution is 2.13. The summed E-state index contributed by atoms with van der Waals surface area (Å²) >= 11 is 0. The molecule has 2 rings (SSSR count). The first kappa shape index (κ1) is 22.8. The SMILES string of the molecule is CCCCCS(=O)(=O)CC(=O)NCc1ccccc1CN1CCN(CC)CC1. The number of carbonyl (C=O) groups is 1. The van der Waals surface area contributed by atoms with Crippen LogP contribution in [-0.4, -0.2) is 68.4 Å². The molecule has 0 unspecified atom stereocenters. The standard InChI is InChI=1S/C21H35N3O3S/c1-3-5-8-15-28(26,27)18-21(25)22-16-19-9-6-7-10-20(19)17-24-13-11-23(4-2)12-14-24/h6-7,9-10H,3-5,8,11-18H2,1-2H3,(H,22,25). The fourth-order valence-corrected chi connectivity index (χ4v) is 4.77. The predicted octanol–water partition coefficient (Wildman–Crippen LogP) is 2.05. The number of benzene rings is 1. The fraction of sp³-hybridized carbons (Fsp3) is 0.667. The second-order valence-electron chi connectivity index (χ2n) is 7.55. The van der Waals surface area contributed by atoms with Crippen LogP contribution in [0.3, 0.4) is 0 Å². The zero-order chi connectivity index (χ0) is 20.4. The number of sulfone groups is 1. The summed E-state index contributed by atoms with van der Waals surface area (Å²) in [5, 5.41) is 2.79. The van der Waals surface area contributed by atoms with Crippen molar-refractivity contribution in [3.63, 3.8) is 0 Å². The normalized spacial score (nSPS) is 16.2. The molecular weight excluding hydrogens is 374 g/mol. The maximum absolute atomic E-state index is 12.1. The average Bonchev–Trinajstić information content (AvgIpc) is 2.67. The largest absolute Gasteiger partial charge is 0.351 e. The van der Waals surface area contributed by atoms with E-state index in [1.165, 1.54) is 5.56 Å². The lowest BCUT2D eigenvalue weighted by Crippen LogP contribution is -2.45. The summed E-state index contributed by atoms with van der Waals surface area (Å²) in [5.41, 5.74) is 2.25. The van der Waals surface area contributed by atoms with Gasteiger partial charge >= 0.3 is 0 Å². The van der Waals surface area contributed by atoms with Crippen LogP contribution in [-0.2, 0) is 27.7 Å². The molecule has 1 amide bonds.